The number of hydrogen-bond acceptors (Lipinski definition) is 3. The topological polar surface area (TPSA) is 60.7 Å². The van der Waals surface area contributed by atoms with Gasteiger partial charge in [0.2, 0.25) is 0 Å². The Balaban J connectivity index is 2.01. The van der Waals surface area contributed by atoms with Crippen LogP contribution in [0, 0.1) is 29.1 Å². The fraction of sp³-hybridized carbons (Fsp3) is 1.00. The van der Waals surface area contributed by atoms with Crippen LogP contribution in [0.25, 0.3) is 0 Å². The average Bonchev–Trinajstić information content (AvgIpc) is 3.03. The zero-order valence-electron chi connectivity index (χ0n) is 19.7. The maximum Gasteiger partial charge on any atom is 0.0651 e. The summed E-state index contributed by atoms with van der Waals surface area (Å²) >= 11 is 0. The Morgan fingerprint density at radius 2 is 1.55 bits per heavy atom. The standard InChI is InChI=1S/C26H50O3/c1-4-5-6-7-8-9-12-21-14-15-23-22(13-10-19-27)24(16-18-25(21,23)2)26(3,29)17-11-20-28/h21-24,27-29H,4-20H2,1-3H3/t21-,22+,23?,24-,25+,26+/m0/s1. The van der Waals surface area contributed by atoms with Gasteiger partial charge in [0.05, 0.1) is 5.60 Å². The molecule has 29 heavy (non-hydrogen) atoms. The van der Waals surface area contributed by atoms with Crippen LogP contribution in [-0.4, -0.2) is 34.1 Å². The van der Waals surface area contributed by atoms with Gasteiger partial charge in [-0.2, -0.15) is 0 Å². The van der Waals surface area contributed by atoms with Crippen LogP contribution in [0.2, 0.25) is 0 Å². The van der Waals surface area contributed by atoms with Crippen molar-refractivity contribution in [2.24, 2.45) is 29.1 Å². The summed E-state index contributed by atoms with van der Waals surface area (Å²) in [5, 5.41) is 30.0. The molecule has 172 valence electrons. The molecular formula is C26H50O3. The molecule has 0 heterocycles. The first-order valence-electron chi connectivity index (χ1n) is 12.8. The van der Waals surface area contributed by atoms with Crippen molar-refractivity contribution in [3.8, 4) is 0 Å². The lowest BCUT2D eigenvalue weighted by Crippen LogP contribution is -2.49. The Morgan fingerprint density at radius 1 is 0.862 bits per heavy atom. The molecule has 0 aromatic rings. The van der Waals surface area contributed by atoms with Crippen molar-refractivity contribution in [1.29, 1.82) is 0 Å². The summed E-state index contributed by atoms with van der Waals surface area (Å²) in [6.45, 7) is 7.25. The minimum atomic E-state index is -0.693. The molecule has 2 rings (SSSR count). The molecule has 1 unspecified atom stereocenters. The van der Waals surface area contributed by atoms with E-state index in [-0.39, 0.29) is 13.2 Å². The molecule has 6 atom stereocenters. The molecule has 2 aliphatic rings. The fourth-order valence-corrected chi connectivity index (χ4v) is 7.17. The van der Waals surface area contributed by atoms with Crippen LogP contribution in [0.15, 0.2) is 0 Å². The van der Waals surface area contributed by atoms with Gasteiger partial charge >= 0.3 is 0 Å². The molecule has 0 radical (unpaired) electrons. The Labute approximate surface area is 180 Å². The van der Waals surface area contributed by atoms with Gasteiger partial charge in [0.15, 0.2) is 0 Å². The van der Waals surface area contributed by atoms with E-state index in [9.17, 15) is 15.3 Å². The van der Waals surface area contributed by atoms with Crippen molar-refractivity contribution in [3.05, 3.63) is 0 Å². The van der Waals surface area contributed by atoms with Crippen molar-refractivity contribution >= 4 is 0 Å². The average molecular weight is 411 g/mol. The SMILES string of the molecule is CCCCCCCC[C@H]1CCC2[C@@H](CCCO)[C@@H]([C@](C)(O)CCCO)CC[C@@]21C. The van der Waals surface area contributed by atoms with Gasteiger partial charge in [0.25, 0.3) is 0 Å². The summed E-state index contributed by atoms with van der Waals surface area (Å²) in [6.07, 6.45) is 17.9. The second kappa shape index (κ2) is 12.1. The number of fused-ring (bicyclic) bond motifs is 1. The first-order chi connectivity index (χ1) is 13.9. The zero-order valence-corrected chi connectivity index (χ0v) is 19.7. The van der Waals surface area contributed by atoms with Crippen LogP contribution in [0.4, 0.5) is 0 Å². The van der Waals surface area contributed by atoms with Crippen LogP contribution in [-0.2, 0) is 0 Å². The molecular weight excluding hydrogens is 360 g/mol. The predicted octanol–water partition coefficient (Wildman–Crippen LogP) is 6.09. The van der Waals surface area contributed by atoms with Gasteiger partial charge in [-0.15, -0.1) is 0 Å². The van der Waals surface area contributed by atoms with E-state index in [1.54, 1.807) is 0 Å². The number of hydrogen-bond donors (Lipinski definition) is 3. The monoisotopic (exact) mass is 410 g/mol. The summed E-state index contributed by atoms with van der Waals surface area (Å²) < 4.78 is 0. The molecule has 3 nitrogen and oxygen atoms in total. The Kier molecular flexibility index (Phi) is 10.5. The lowest BCUT2D eigenvalue weighted by Gasteiger charge is -2.53. The highest BCUT2D eigenvalue weighted by Crippen LogP contribution is 2.62. The summed E-state index contributed by atoms with van der Waals surface area (Å²) in [4.78, 5) is 0. The Morgan fingerprint density at radius 3 is 2.24 bits per heavy atom. The zero-order chi connectivity index (χ0) is 21.3. The van der Waals surface area contributed by atoms with E-state index in [4.69, 9.17) is 0 Å². The lowest BCUT2D eigenvalue weighted by atomic mass is 9.53. The molecule has 0 aromatic carbocycles. The van der Waals surface area contributed by atoms with Crippen LogP contribution >= 0.6 is 0 Å². The Hall–Kier alpha value is -0.120. The van der Waals surface area contributed by atoms with E-state index in [2.05, 4.69) is 13.8 Å². The second-order valence-electron chi connectivity index (χ2n) is 10.8. The molecule has 2 aliphatic carbocycles. The maximum atomic E-state index is 11.3. The second-order valence-corrected chi connectivity index (χ2v) is 10.8. The first-order valence-corrected chi connectivity index (χ1v) is 12.8. The van der Waals surface area contributed by atoms with Crippen LogP contribution in [0.1, 0.15) is 117 Å². The molecule has 0 aliphatic heterocycles. The van der Waals surface area contributed by atoms with Crippen molar-refractivity contribution in [1.82, 2.24) is 0 Å². The third-order valence-electron chi connectivity index (χ3n) is 8.88. The Bertz CT molecular complexity index is 449. The van der Waals surface area contributed by atoms with E-state index in [1.165, 1.54) is 64.2 Å². The quantitative estimate of drug-likeness (QED) is 0.304. The van der Waals surface area contributed by atoms with Crippen LogP contribution in [0.5, 0.6) is 0 Å². The van der Waals surface area contributed by atoms with Crippen molar-refractivity contribution in [2.45, 2.75) is 123 Å². The van der Waals surface area contributed by atoms with Crippen molar-refractivity contribution in [3.63, 3.8) is 0 Å². The minimum Gasteiger partial charge on any atom is -0.396 e. The summed E-state index contributed by atoms with van der Waals surface area (Å²) in [6, 6.07) is 0. The number of aliphatic hydroxyl groups is 3. The van der Waals surface area contributed by atoms with E-state index >= 15 is 0 Å². The highest BCUT2D eigenvalue weighted by Gasteiger charge is 2.55. The van der Waals surface area contributed by atoms with Crippen molar-refractivity contribution < 1.29 is 15.3 Å². The van der Waals surface area contributed by atoms with Gasteiger partial charge in [0, 0.05) is 13.2 Å². The van der Waals surface area contributed by atoms with E-state index < -0.39 is 5.60 Å². The van der Waals surface area contributed by atoms with Gasteiger partial charge in [-0.05, 0) is 93.8 Å². The molecule has 3 N–H and O–H groups in total. The number of rotatable bonds is 14. The molecule has 3 heteroatoms. The third-order valence-corrected chi connectivity index (χ3v) is 8.88. The van der Waals surface area contributed by atoms with Crippen LogP contribution in [0.3, 0.4) is 0 Å². The smallest absolute Gasteiger partial charge is 0.0651 e. The van der Waals surface area contributed by atoms with Gasteiger partial charge in [-0.25, -0.2) is 0 Å². The summed E-state index contributed by atoms with van der Waals surface area (Å²) in [7, 11) is 0. The number of aliphatic hydroxyl groups excluding tert-OH is 2. The molecule has 2 fully saturated rings. The largest absolute Gasteiger partial charge is 0.396 e. The van der Waals surface area contributed by atoms with E-state index in [0.717, 1.165) is 25.2 Å². The fourth-order valence-electron chi connectivity index (χ4n) is 7.17. The predicted molar refractivity (Wildman–Crippen MR) is 122 cm³/mol. The summed E-state index contributed by atoms with van der Waals surface area (Å²) in [5.41, 5.74) is -0.269. The van der Waals surface area contributed by atoms with Crippen LogP contribution < -0.4 is 0 Å². The third kappa shape index (κ3) is 6.43. The van der Waals surface area contributed by atoms with Gasteiger partial charge in [-0.1, -0.05) is 52.4 Å². The highest BCUT2D eigenvalue weighted by atomic mass is 16.3. The number of unbranched alkanes of at least 4 members (excludes halogenated alkanes) is 5. The molecule has 0 bridgehead atoms. The van der Waals surface area contributed by atoms with Gasteiger partial charge in [0.1, 0.15) is 0 Å². The summed E-state index contributed by atoms with van der Waals surface area (Å²) in [5.74, 6) is 2.37. The van der Waals surface area contributed by atoms with Gasteiger partial charge < -0.3 is 15.3 Å². The maximum absolute atomic E-state index is 11.3. The molecule has 2 saturated carbocycles. The normalized spacial score (nSPS) is 34.1. The van der Waals surface area contributed by atoms with Crippen molar-refractivity contribution in [2.75, 3.05) is 13.2 Å². The van der Waals surface area contributed by atoms with Gasteiger partial charge in [-0.3, -0.25) is 0 Å². The van der Waals surface area contributed by atoms with E-state index in [0.29, 0.717) is 36.0 Å². The molecule has 0 amide bonds. The van der Waals surface area contributed by atoms with E-state index in [1.807, 2.05) is 6.92 Å². The minimum absolute atomic E-state index is 0.158. The molecule has 0 saturated heterocycles. The molecule has 0 aromatic heterocycles. The highest BCUT2D eigenvalue weighted by molar-refractivity contribution is 5.05. The molecule has 0 spiro atoms. The first kappa shape index (κ1) is 25.1. The lowest BCUT2D eigenvalue weighted by molar-refractivity contribution is -0.102.